The van der Waals surface area contributed by atoms with Gasteiger partial charge in [-0.3, -0.25) is 9.69 Å². The molecule has 9 heteroatoms. The second-order valence-electron chi connectivity index (χ2n) is 6.75. The van der Waals surface area contributed by atoms with Crippen LogP contribution in [0, 0.1) is 0 Å². The number of sulfonamides is 1. The van der Waals surface area contributed by atoms with Gasteiger partial charge in [-0.15, -0.1) is 0 Å². The van der Waals surface area contributed by atoms with Crippen LogP contribution in [0.5, 0.6) is 5.75 Å². The SMILES string of the molecule is CC(C)NC(=O)[C@@H](C)Oc1ccc(S(=O)(=O)NCCN2CCOCC2)cc1. The van der Waals surface area contributed by atoms with Crippen molar-refractivity contribution < 1.29 is 22.7 Å². The van der Waals surface area contributed by atoms with Crippen molar-refractivity contribution in [2.45, 2.75) is 37.8 Å². The molecule has 1 saturated heterocycles. The van der Waals surface area contributed by atoms with Crippen molar-refractivity contribution in [1.82, 2.24) is 14.9 Å². The number of carbonyl (C=O) groups is 1. The first-order chi connectivity index (χ1) is 12.8. The Hall–Kier alpha value is -1.68. The van der Waals surface area contributed by atoms with Crippen LogP contribution in [-0.2, 0) is 19.6 Å². The maximum absolute atomic E-state index is 12.4. The average Bonchev–Trinajstić information content (AvgIpc) is 2.62. The van der Waals surface area contributed by atoms with Gasteiger partial charge in [0.25, 0.3) is 5.91 Å². The summed E-state index contributed by atoms with van der Waals surface area (Å²) in [5, 5.41) is 2.77. The number of ether oxygens (including phenoxy) is 2. The lowest BCUT2D eigenvalue weighted by Crippen LogP contribution is -2.41. The van der Waals surface area contributed by atoms with Crippen LogP contribution in [0.1, 0.15) is 20.8 Å². The molecule has 1 heterocycles. The fourth-order valence-electron chi connectivity index (χ4n) is 2.60. The molecule has 1 aliphatic rings. The molecule has 1 aromatic rings. The Morgan fingerprint density at radius 3 is 2.41 bits per heavy atom. The molecule has 2 rings (SSSR count). The summed E-state index contributed by atoms with van der Waals surface area (Å²) in [5.74, 6) is 0.222. The van der Waals surface area contributed by atoms with Gasteiger partial charge >= 0.3 is 0 Å². The van der Waals surface area contributed by atoms with Crippen LogP contribution >= 0.6 is 0 Å². The summed E-state index contributed by atoms with van der Waals surface area (Å²) < 4.78 is 38.2. The Morgan fingerprint density at radius 2 is 1.81 bits per heavy atom. The van der Waals surface area contributed by atoms with Gasteiger partial charge < -0.3 is 14.8 Å². The van der Waals surface area contributed by atoms with Gasteiger partial charge in [0.15, 0.2) is 6.10 Å². The van der Waals surface area contributed by atoms with Gasteiger partial charge in [0, 0.05) is 32.2 Å². The topological polar surface area (TPSA) is 97.0 Å². The fourth-order valence-corrected chi connectivity index (χ4v) is 3.62. The van der Waals surface area contributed by atoms with Crippen LogP contribution in [0.3, 0.4) is 0 Å². The molecule has 2 N–H and O–H groups in total. The predicted octanol–water partition coefficient (Wildman–Crippen LogP) is 0.589. The van der Waals surface area contributed by atoms with E-state index in [1.807, 2.05) is 13.8 Å². The number of rotatable bonds is 9. The van der Waals surface area contributed by atoms with Crippen molar-refractivity contribution in [3.63, 3.8) is 0 Å². The highest BCUT2D eigenvalue weighted by Crippen LogP contribution is 2.17. The lowest BCUT2D eigenvalue weighted by molar-refractivity contribution is -0.127. The number of nitrogens with one attached hydrogen (secondary N) is 2. The van der Waals surface area contributed by atoms with Gasteiger partial charge in [0.1, 0.15) is 5.75 Å². The van der Waals surface area contributed by atoms with E-state index < -0.39 is 16.1 Å². The first kappa shape index (κ1) is 21.6. The van der Waals surface area contributed by atoms with Crippen LogP contribution in [0.2, 0.25) is 0 Å². The molecule has 1 atom stereocenters. The lowest BCUT2D eigenvalue weighted by Gasteiger charge is -2.26. The summed E-state index contributed by atoms with van der Waals surface area (Å²) in [5.41, 5.74) is 0. The van der Waals surface area contributed by atoms with Crippen LogP contribution in [0.15, 0.2) is 29.2 Å². The van der Waals surface area contributed by atoms with E-state index in [0.717, 1.165) is 13.1 Å². The predicted molar refractivity (Wildman–Crippen MR) is 102 cm³/mol. The minimum Gasteiger partial charge on any atom is -0.481 e. The third kappa shape index (κ3) is 7.10. The van der Waals surface area contributed by atoms with Crippen molar-refractivity contribution in [3.8, 4) is 5.75 Å². The van der Waals surface area contributed by atoms with Crippen molar-refractivity contribution in [1.29, 1.82) is 0 Å². The molecular formula is C18H29N3O5S. The number of morpholine rings is 1. The van der Waals surface area contributed by atoms with Gasteiger partial charge in [0.05, 0.1) is 18.1 Å². The normalized spacial score (nSPS) is 16.9. The molecule has 0 spiro atoms. The molecular weight excluding hydrogens is 370 g/mol. The summed E-state index contributed by atoms with van der Waals surface area (Å²) in [6.07, 6.45) is -0.665. The van der Waals surface area contributed by atoms with Gasteiger partial charge in [-0.2, -0.15) is 0 Å². The number of amides is 1. The van der Waals surface area contributed by atoms with E-state index in [4.69, 9.17) is 9.47 Å². The summed E-state index contributed by atoms with van der Waals surface area (Å²) in [7, 11) is -3.58. The molecule has 1 aromatic carbocycles. The third-order valence-electron chi connectivity index (χ3n) is 4.07. The Kier molecular flexibility index (Phi) is 8.03. The van der Waals surface area contributed by atoms with Crippen molar-refractivity contribution in [2.24, 2.45) is 0 Å². The summed E-state index contributed by atoms with van der Waals surface area (Å²) in [6, 6.07) is 6.07. The summed E-state index contributed by atoms with van der Waals surface area (Å²) in [6.45, 7) is 9.37. The largest absolute Gasteiger partial charge is 0.481 e. The highest BCUT2D eigenvalue weighted by molar-refractivity contribution is 7.89. The van der Waals surface area contributed by atoms with E-state index in [0.29, 0.717) is 32.1 Å². The zero-order valence-corrected chi connectivity index (χ0v) is 16.9. The minimum absolute atomic E-state index is 0.0274. The summed E-state index contributed by atoms with van der Waals surface area (Å²) >= 11 is 0. The summed E-state index contributed by atoms with van der Waals surface area (Å²) in [4.78, 5) is 14.2. The Labute approximate surface area is 161 Å². The highest BCUT2D eigenvalue weighted by atomic mass is 32.2. The van der Waals surface area contributed by atoms with E-state index in [9.17, 15) is 13.2 Å². The maximum atomic E-state index is 12.4. The van der Waals surface area contributed by atoms with Gasteiger partial charge in [-0.25, -0.2) is 13.1 Å². The second kappa shape index (κ2) is 10.0. The number of benzene rings is 1. The molecule has 0 saturated carbocycles. The molecule has 27 heavy (non-hydrogen) atoms. The second-order valence-corrected chi connectivity index (χ2v) is 8.51. The van der Waals surface area contributed by atoms with Crippen LogP contribution in [0.4, 0.5) is 0 Å². The first-order valence-electron chi connectivity index (χ1n) is 9.15. The van der Waals surface area contributed by atoms with Gasteiger partial charge in [-0.05, 0) is 45.0 Å². The van der Waals surface area contributed by atoms with E-state index >= 15 is 0 Å². The lowest BCUT2D eigenvalue weighted by atomic mass is 10.3. The molecule has 0 radical (unpaired) electrons. The van der Waals surface area contributed by atoms with E-state index in [1.54, 1.807) is 19.1 Å². The number of nitrogens with zero attached hydrogens (tertiary/aromatic N) is 1. The number of carbonyl (C=O) groups excluding carboxylic acids is 1. The molecule has 8 nitrogen and oxygen atoms in total. The fraction of sp³-hybridized carbons (Fsp3) is 0.611. The highest BCUT2D eigenvalue weighted by Gasteiger charge is 2.18. The molecule has 1 aliphatic heterocycles. The maximum Gasteiger partial charge on any atom is 0.260 e. The number of hydrogen-bond donors (Lipinski definition) is 2. The van der Waals surface area contributed by atoms with Crippen molar-refractivity contribution >= 4 is 15.9 Å². The van der Waals surface area contributed by atoms with Crippen LogP contribution < -0.4 is 14.8 Å². The van der Waals surface area contributed by atoms with E-state index in [-0.39, 0.29) is 16.8 Å². The van der Waals surface area contributed by atoms with Crippen LogP contribution in [0.25, 0.3) is 0 Å². The molecule has 0 unspecified atom stereocenters. The number of hydrogen-bond acceptors (Lipinski definition) is 6. The zero-order valence-electron chi connectivity index (χ0n) is 16.1. The molecule has 152 valence electrons. The molecule has 1 amide bonds. The Morgan fingerprint density at radius 1 is 1.19 bits per heavy atom. The van der Waals surface area contributed by atoms with Crippen molar-refractivity contribution in [2.75, 3.05) is 39.4 Å². The Balaban J connectivity index is 1.86. The van der Waals surface area contributed by atoms with E-state index in [2.05, 4.69) is 14.9 Å². The molecule has 0 bridgehead atoms. The standard InChI is InChI=1S/C18H29N3O5S/c1-14(2)20-18(22)15(3)26-16-4-6-17(7-5-16)27(23,24)19-8-9-21-10-12-25-13-11-21/h4-7,14-15,19H,8-13H2,1-3H3,(H,20,22)/t15-/m1/s1. The Bertz CT molecular complexity index is 700. The average molecular weight is 400 g/mol. The van der Waals surface area contributed by atoms with Crippen molar-refractivity contribution in [3.05, 3.63) is 24.3 Å². The van der Waals surface area contributed by atoms with Gasteiger partial charge in [-0.1, -0.05) is 0 Å². The molecule has 1 fully saturated rings. The molecule has 0 aromatic heterocycles. The van der Waals surface area contributed by atoms with E-state index in [1.165, 1.54) is 12.1 Å². The first-order valence-corrected chi connectivity index (χ1v) is 10.6. The minimum atomic E-state index is -3.58. The van der Waals surface area contributed by atoms with Crippen LogP contribution in [-0.4, -0.2) is 70.8 Å². The van der Waals surface area contributed by atoms with Gasteiger partial charge in [0.2, 0.25) is 10.0 Å². The quantitative estimate of drug-likeness (QED) is 0.631. The molecule has 0 aliphatic carbocycles. The monoisotopic (exact) mass is 399 g/mol. The smallest absolute Gasteiger partial charge is 0.260 e. The zero-order chi connectivity index (χ0) is 19.9. The third-order valence-corrected chi connectivity index (χ3v) is 5.55.